The summed E-state index contributed by atoms with van der Waals surface area (Å²) in [6.07, 6.45) is 7.52. The molecule has 0 aromatic carbocycles. The van der Waals surface area contributed by atoms with Crippen LogP contribution in [0.25, 0.3) is 0 Å². The van der Waals surface area contributed by atoms with E-state index in [0.29, 0.717) is 6.04 Å². The Morgan fingerprint density at radius 2 is 2.44 bits per heavy atom. The zero-order valence-electron chi connectivity index (χ0n) is 9.86. The van der Waals surface area contributed by atoms with Crippen LogP contribution in [0.15, 0.2) is 24.5 Å². The Kier molecular flexibility index (Phi) is 4.17. The first kappa shape index (κ1) is 11.4. The summed E-state index contributed by atoms with van der Waals surface area (Å²) in [7, 11) is 0. The van der Waals surface area contributed by atoms with Crippen LogP contribution < -0.4 is 10.1 Å². The van der Waals surface area contributed by atoms with Gasteiger partial charge in [0.1, 0.15) is 12.4 Å². The Morgan fingerprint density at radius 3 is 3.06 bits per heavy atom. The molecular formula is C13H20N2O. The van der Waals surface area contributed by atoms with Gasteiger partial charge in [-0.3, -0.25) is 4.98 Å². The highest BCUT2D eigenvalue weighted by molar-refractivity contribution is 5.15. The maximum atomic E-state index is 5.58. The van der Waals surface area contributed by atoms with E-state index in [1.165, 1.54) is 19.3 Å². The third-order valence-electron chi connectivity index (χ3n) is 3.04. The normalized spacial score (nSPS) is 17.1. The van der Waals surface area contributed by atoms with Crippen molar-refractivity contribution in [1.82, 2.24) is 10.3 Å². The topological polar surface area (TPSA) is 34.1 Å². The van der Waals surface area contributed by atoms with Gasteiger partial charge in [-0.05, 0) is 37.3 Å². The smallest absolute Gasteiger partial charge is 0.137 e. The molecule has 1 atom stereocenters. The van der Waals surface area contributed by atoms with Gasteiger partial charge >= 0.3 is 0 Å². The minimum Gasteiger partial charge on any atom is -0.491 e. The second-order valence-electron chi connectivity index (χ2n) is 4.34. The molecule has 1 aromatic rings. The molecule has 2 rings (SSSR count). The van der Waals surface area contributed by atoms with Crippen LogP contribution in [0.2, 0.25) is 0 Å². The number of rotatable bonds is 7. The molecule has 3 heteroatoms. The molecule has 1 aliphatic rings. The number of hydrogen-bond donors (Lipinski definition) is 1. The van der Waals surface area contributed by atoms with E-state index < -0.39 is 0 Å². The average Bonchev–Trinajstić information content (AvgIpc) is 3.15. The molecule has 1 heterocycles. The monoisotopic (exact) mass is 220 g/mol. The van der Waals surface area contributed by atoms with Crippen molar-refractivity contribution in [2.24, 2.45) is 5.92 Å². The fourth-order valence-electron chi connectivity index (χ4n) is 1.99. The Bertz CT molecular complexity index is 298. The Hall–Kier alpha value is -1.09. The van der Waals surface area contributed by atoms with Crippen LogP contribution in [0.1, 0.15) is 26.2 Å². The molecule has 0 spiro atoms. The highest BCUT2D eigenvalue weighted by Gasteiger charge is 2.29. The summed E-state index contributed by atoms with van der Waals surface area (Å²) in [4.78, 5) is 4.01. The van der Waals surface area contributed by atoms with Crippen LogP contribution in [-0.4, -0.2) is 24.2 Å². The third kappa shape index (κ3) is 3.49. The van der Waals surface area contributed by atoms with Crippen molar-refractivity contribution < 1.29 is 4.74 Å². The molecule has 0 aliphatic heterocycles. The van der Waals surface area contributed by atoms with Crippen molar-refractivity contribution in [3.8, 4) is 5.75 Å². The van der Waals surface area contributed by atoms with Gasteiger partial charge in [-0.1, -0.05) is 6.92 Å². The van der Waals surface area contributed by atoms with Crippen LogP contribution in [-0.2, 0) is 0 Å². The second kappa shape index (κ2) is 5.85. The van der Waals surface area contributed by atoms with Gasteiger partial charge < -0.3 is 10.1 Å². The van der Waals surface area contributed by atoms with Gasteiger partial charge in [0, 0.05) is 18.8 Å². The van der Waals surface area contributed by atoms with Crippen molar-refractivity contribution >= 4 is 0 Å². The van der Waals surface area contributed by atoms with Crippen LogP contribution in [0, 0.1) is 5.92 Å². The summed E-state index contributed by atoms with van der Waals surface area (Å²) < 4.78 is 5.58. The van der Waals surface area contributed by atoms with Crippen molar-refractivity contribution in [2.75, 3.05) is 13.2 Å². The first-order valence-corrected chi connectivity index (χ1v) is 6.16. The largest absolute Gasteiger partial charge is 0.491 e. The minimum absolute atomic E-state index is 0.692. The number of ether oxygens (including phenoxy) is 1. The molecule has 3 nitrogen and oxygen atoms in total. The second-order valence-corrected chi connectivity index (χ2v) is 4.34. The quantitative estimate of drug-likeness (QED) is 0.716. The lowest BCUT2D eigenvalue weighted by molar-refractivity contribution is 0.297. The standard InChI is InChI=1S/C13H20N2O/c1-2-13(11-5-6-11)15-8-9-16-12-4-3-7-14-10-12/h3-4,7,10-11,13,15H,2,5-6,8-9H2,1H3. The Morgan fingerprint density at radius 1 is 1.56 bits per heavy atom. The maximum absolute atomic E-state index is 5.58. The van der Waals surface area contributed by atoms with Crippen molar-refractivity contribution in [2.45, 2.75) is 32.2 Å². The van der Waals surface area contributed by atoms with Gasteiger partial charge in [0.15, 0.2) is 0 Å². The van der Waals surface area contributed by atoms with Gasteiger partial charge in [0.05, 0.1) is 6.20 Å². The SMILES string of the molecule is CCC(NCCOc1cccnc1)C1CC1. The molecule has 1 fully saturated rings. The van der Waals surface area contributed by atoms with Crippen molar-refractivity contribution in [3.05, 3.63) is 24.5 Å². The minimum atomic E-state index is 0.692. The zero-order chi connectivity index (χ0) is 11.2. The molecule has 1 aliphatic carbocycles. The number of hydrogen-bond acceptors (Lipinski definition) is 3. The molecule has 0 bridgehead atoms. The maximum Gasteiger partial charge on any atom is 0.137 e. The van der Waals surface area contributed by atoms with Crippen LogP contribution >= 0.6 is 0 Å². The summed E-state index contributed by atoms with van der Waals surface area (Å²) in [6.45, 7) is 3.89. The summed E-state index contributed by atoms with van der Waals surface area (Å²) in [5, 5.41) is 3.56. The Labute approximate surface area is 97.2 Å². The molecule has 1 unspecified atom stereocenters. The van der Waals surface area contributed by atoms with Gasteiger partial charge in [0.2, 0.25) is 0 Å². The van der Waals surface area contributed by atoms with E-state index in [2.05, 4.69) is 17.2 Å². The van der Waals surface area contributed by atoms with E-state index >= 15 is 0 Å². The van der Waals surface area contributed by atoms with E-state index in [1.54, 1.807) is 12.4 Å². The van der Waals surface area contributed by atoms with Crippen molar-refractivity contribution in [1.29, 1.82) is 0 Å². The first-order valence-electron chi connectivity index (χ1n) is 6.16. The lowest BCUT2D eigenvalue weighted by Gasteiger charge is -2.16. The molecule has 1 N–H and O–H groups in total. The summed E-state index contributed by atoms with van der Waals surface area (Å²) in [5.41, 5.74) is 0. The lowest BCUT2D eigenvalue weighted by atomic mass is 10.1. The number of pyridine rings is 1. The van der Waals surface area contributed by atoms with E-state index in [9.17, 15) is 0 Å². The predicted molar refractivity (Wildman–Crippen MR) is 64.5 cm³/mol. The lowest BCUT2D eigenvalue weighted by Crippen LogP contribution is -2.33. The van der Waals surface area contributed by atoms with Gasteiger partial charge in [-0.15, -0.1) is 0 Å². The summed E-state index contributed by atoms with van der Waals surface area (Å²) >= 11 is 0. The zero-order valence-corrected chi connectivity index (χ0v) is 9.86. The molecule has 0 amide bonds. The van der Waals surface area contributed by atoms with E-state index in [1.807, 2.05) is 12.1 Å². The highest BCUT2D eigenvalue weighted by atomic mass is 16.5. The van der Waals surface area contributed by atoms with Crippen LogP contribution in [0.3, 0.4) is 0 Å². The number of nitrogens with zero attached hydrogens (tertiary/aromatic N) is 1. The molecule has 0 saturated heterocycles. The van der Waals surface area contributed by atoms with Gasteiger partial charge in [-0.25, -0.2) is 0 Å². The van der Waals surface area contributed by atoms with Gasteiger partial charge in [-0.2, -0.15) is 0 Å². The van der Waals surface area contributed by atoms with Crippen LogP contribution in [0.5, 0.6) is 5.75 Å². The van der Waals surface area contributed by atoms with Gasteiger partial charge in [0.25, 0.3) is 0 Å². The number of nitrogens with one attached hydrogen (secondary N) is 1. The summed E-state index contributed by atoms with van der Waals surface area (Å²) in [6, 6.07) is 4.52. The summed E-state index contributed by atoms with van der Waals surface area (Å²) in [5.74, 6) is 1.77. The fraction of sp³-hybridized carbons (Fsp3) is 0.615. The molecular weight excluding hydrogens is 200 g/mol. The molecule has 0 radical (unpaired) electrons. The third-order valence-corrected chi connectivity index (χ3v) is 3.04. The first-order chi connectivity index (χ1) is 7.90. The Balaban J connectivity index is 1.61. The van der Waals surface area contributed by atoms with Crippen molar-refractivity contribution in [3.63, 3.8) is 0 Å². The number of aromatic nitrogens is 1. The predicted octanol–water partition coefficient (Wildman–Crippen LogP) is 2.24. The van der Waals surface area contributed by atoms with Crippen LogP contribution in [0.4, 0.5) is 0 Å². The molecule has 1 aromatic heterocycles. The molecule has 1 saturated carbocycles. The average molecular weight is 220 g/mol. The fourth-order valence-corrected chi connectivity index (χ4v) is 1.99. The molecule has 88 valence electrons. The molecule has 16 heavy (non-hydrogen) atoms. The van der Waals surface area contributed by atoms with E-state index in [4.69, 9.17) is 4.74 Å². The highest BCUT2D eigenvalue weighted by Crippen LogP contribution is 2.33. The van der Waals surface area contributed by atoms with E-state index in [0.717, 1.165) is 24.8 Å². The van der Waals surface area contributed by atoms with E-state index in [-0.39, 0.29) is 0 Å².